The largest absolute Gasteiger partial charge is 0.488 e. The zero-order chi connectivity index (χ0) is 13.7. The van der Waals surface area contributed by atoms with Gasteiger partial charge in [0, 0.05) is 6.42 Å². The third kappa shape index (κ3) is 3.70. The van der Waals surface area contributed by atoms with Gasteiger partial charge in [0.2, 0.25) is 0 Å². The predicted octanol–water partition coefficient (Wildman–Crippen LogP) is 2.82. The van der Waals surface area contributed by atoms with Crippen molar-refractivity contribution in [3.8, 4) is 5.75 Å². The van der Waals surface area contributed by atoms with Crippen molar-refractivity contribution in [3.63, 3.8) is 0 Å². The van der Waals surface area contributed by atoms with Crippen molar-refractivity contribution in [3.05, 3.63) is 29.8 Å². The number of carboxylic acid groups (broad SMARTS) is 1. The summed E-state index contributed by atoms with van der Waals surface area (Å²) in [6.07, 6.45) is 2.47. The summed E-state index contributed by atoms with van der Waals surface area (Å²) in [6, 6.07) is 7.41. The quantitative estimate of drug-likeness (QED) is 0.858. The number of benzene rings is 1. The van der Waals surface area contributed by atoms with Crippen molar-refractivity contribution in [2.75, 3.05) is 13.2 Å². The fraction of sp³-hybridized carbons (Fsp3) is 0.533. The summed E-state index contributed by atoms with van der Waals surface area (Å²) in [6.45, 7) is 3.34. The van der Waals surface area contributed by atoms with Gasteiger partial charge in [0.05, 0.1) is 19.1 Å². The SMILES string of the molecule is CCCC(C(=O)O)c1cccc(OC2CCOC2)c1. The highest BCUT2D eigenvalue weighted by atomic mass is 16.5. The Morgan fingerprint density at radius 1 is 1.58 bits per heavy atom. The van der Waals surface area contributed by atoms with Gasteiger partial charge in [-0.1, -0.05) is 25.5 Å². The molecule has 1 aliphatic rings. The Morgan fingerprint density at radius 3 is 3.05 bits per heavy atom. The molecule has 1 saturated heterocycles. The Morgan fingerprint density at radius 2 is 2.42 bits per heavy atom. The average Bonchev–Trinajstić information content (AvgIpc) is 2.88. The highest BCUT2D eigenvalue weighted by Crippen LogP contribution is 2.26. The Hall–Kier alpha value is -1.55. The van der Waals surface area contributed by atoms with Crippen LogP contribution < -0.4 is 4.74 Å². The maximum absolute atomic E-state index is 11.3. The van der Waals surface area contributed by atoms with E-state index in [-0.39, 0.29) is 6.10 Å². The number of carbonyl (C=O) groups is 1. The molecule has 0 spiro atoms. The van der Waals surface area contributed by atoms with Gasteiger partial charge in [0.1, 0.15) is 11.9 Å². The van der Waals surface area contributed by atoms with Gasteiger partial charge in [-0.2, -0.15) is 0 Å². The van der Waals surface area contributed by atoms with Crippen molar-refractivity contribution in [2.45, 2.75) is 38.2 Å². The van der Waals surface area contributed by atoms with Crippen molar-refractivity contribution < 1.29 is 19.4 Å². The summed E-state index contributed by atoms with van der Waals surface area (Å²) < 4.78 is 11.1. The van der Waals surface area contributed by atoms with Gasteiger partial charge in [-0.05, 0) is 24.1 Å². The molecule has 1 aromatic rings. The van der Waals surface area contributed by atoms with Gasteiger partial charge >= 0.3 is 5.97 Å². The Bertz CT molecular complexity index is 424. The van der Waals surface area contributed by atoms with E-state index in [0.29, 0.717) is 13.0 Å². The van der Waals surface area contributed by atoms with Crippen LogP contribution in [0.15, 0.2) is 24.3 Å². The smallest absolute Gasteiger partial charge is 0.310 e. The number of rotatable bonds is 6. The molecule has 0 bridgehead atoms. The lowest BCUT2D eigenvalue weighted by atomic mass is 9.94. The van der Waals surface area contributed by atoms with E-state index in [1.54, 1.807) is 0 Å². The van der Waals surface area contributed by atoms with Gasteiger partial charge in [-0.15, -0.1) is 0 Å². The van der Waals surface area contributed by atoms with Crippen molar-refractivity contribution in [2.24, 2.45) is 0 Å². The van der Waals surface area contributed by atoms with Crippen molar-refractivity contribution in [1.29, 1.82) is 0 Å². The number of hydrogen-bond donors (Lipinski definition) is 1. The van der Waals surface area contributed by atoms with Gasteiger partial charge in [0.15, 0.2) is 0 Å². The standard InChI is InChI=1S/C15H20O4/c1-2-4-14(15(16)17)11-5-3-6-12(9-11)19-13-7-8-18-10-13/h3,5-6,9,13-14H,2,4,7-8,10H2,1H3,(H,16,17). The number of ether oxygens (including phenoxy) is 2. The van der Waals surface area contributed by atoms with Gasteiger partial charge in [-0.3, -0.25) is 4.79 Å². The molecule has 2 rings (SSSR count). The van der Waals surface area contributed by atoms with E-state index in [9.17, 15) is 9.90 Å². The zero-order valence-corrected chi connectivity index (χ0v) is 11.2. The fourth-order valence-corrected chi connectivity index (χ4v) is 2.32. The Kier molecular flexibility index (Phi) is 4.80. The molecule has 19 heavy (non-hydrogen) atoms. The first-order chi connectivity index (χ1) is 9.20. The minimum atomic E-state index is -0.775. The van der Waals surface area contributed by atoms with E-state index < -0.39 is 11.9 Å². The van der Waals surface area contributed by atoms with Crippen LogP contribution in [0.1, 0.15) is 37.7 Å². The molecule has 104 valence electrons. The normalized spacial score (nSPS) is 20.2. The number of carboxylic acids is 1. The molecular formula is C15H20O4. The van der Waals surface area contributed by atoms with E-state index >= 15 is 0 Å². The molecule has 1 aromatic carbocycles. The maximum atomic E-state index is 11.3. The first-order valence-electron chi connectivity index (χ1n) is 6.78. The van der Waals surface area contributed by atoms with E-state index in [1.165, 1.54) is 0 Å². The van der Waals surface area contributed by atoms with Crippen LogP contribution in [0.2, 0.25) is 0 Å². The maximum Gasteiger partial charge on any atom is 0.310 e. The van der Waals surface area contributed by atoms with Crippen LogP contribution in [0.3, 0.4) is 0 Å². The predicted molar refractivity (Wildman–Crippen MR) is 71.6 cm³/mol. The molecule has 1 fully saturated rings. The topological polar surface area (TPSA) is 55.8 Å². The molecule has 2 atom stereocenters. The van der Waals surface area contributed by atoms with E-state index in [1.807, 2.05) is 31.2 Å². The third-order valence-corrected chi connectivity index (χ3v) is 3.33. The fourth-order valence-electron chi connectivity index (χ4n) is 2.32. The monoisotopic (exact) mass is 264 g/mol. The summed E-state index contributed by atoms with van der Waals surface area (Å²) in [5.74, 6) is -0.494. The highest BCUT2D eigenvalue weighted by Gasteiger charge is 2.21. The van der Waals surface area contributed by atoms with Crippen molar-refractivity contribution in [1.82, 2.24) is 0 Å². The Labute approximate surface area is 113 Å². The summed E-state index contributed by atoms with van der Waals surface area (Å²) >= 11 is 0. The summed E-state index contributed by atoms with van der Waals surface area (Å²) in [7, 11) is 0. The van der Waals surface area contributed by atoms with Crippen LogP contribution in [0.5, 0.6) is 5.75 Å². The van der Waals surface area contributed by atoms with Gasteiger partial charge in [-0.25, -0.2) is 0 Å². The second-order valence-electron chi connectivity index (χ2n) is 4.86. The molecule has 1 aliphatic heterocycles. The lowest BCUT2D eigenvalue weighted by Gasteiger charge is -2.15. The highest BCUT2D eigenvalue weighted by molar-refractivity contribution is 5.76. The van der Waals surface area contributed by atoms with Gasteiger partial charge < -0.3 is 14.6 Å². The minimum Gasteiger partial charge on any atom is -0.488 e. The Balaban J connectivity index is 2.10. The van der Waals surface area contributed by atoms with Crippen molar-refractivity contribution >= 4 is 5.97 Å². The summed E-state index contributed by atoms with van der Waals surface area (Å²) in [5, 5.41) is 9.27. The van der Waals surface area contributed by atoms with Gasteiger partial charge in [0.25, 0.3) is 0 Å². The summed E-state index contributed by atoms with van der Waals surface area (Å²) in [4.78, 5) is 11.3. The van der Waals surface area contributed by atoms with Crippen LogP contribution in [-0.4, -0.2) is 30.4 Å². The lowest BCUT2D eigenvalue weighted by Crippen LogP contribution is -2.16. The summed E-state index contributed by atoms with van der Waals surface area (Å²) in [5.41, 5.74) is 0.811. The second kappa shape index (κ2) is 6.57. The van der Waals surface area contributed by atoms with E-state index in [4.69, 9.17) is 9.47 Å². The first-order valence-corrected chi connectivity index (χ1v) is 6.78. The molecule has 0 amide bonds. The zero-order valence-electron chi connectivity index (χ0n) is 11.2. The second-order valence-corrected chi connectivity index (χ2v) is 4.86. The molecule has 0 saturated carbocycles. The third-order valence-electron chi connectivity index (χ3n) is 3.33. The van der Waals surface area contributed by atoms with Crippen LogP contribution in [0, 0.1) is 0 Å². The first kappa shape index (κ1) is 13.9. The molecule has 4 nitrogen and oxygen atoms in total. The molecule has 1 N–H and O–H groups in total. The number of hydrogen-bond acceptors (Lipinski definition) is 3. The lowest BCUT2D eigenvalue weighted by molar-refractivity contribution is -0.139. The minimum absolute atomic E-state index is 0.0877. The van der Waals surface area contributed by atoms with E-state index in [2.05, 4.69) is 0 Å². The molecular weight excluding hydrogens is 244 g/mol. The van der Waals surface area contributed by atoms with Crippen LogP contribution in [0.25, 0.3) is 0 Å². The molecule has 2 unspecified atom stereocenters. The molecule has 0 radical (unpaired) electrons. The molecule has 1 heterocycles. The average molecular weight is 264 g/mol. The van der Waals surface area contributed by atoms with Crippen LogP contribution >= 0.6 is 0 Å². The number of aliphatic carboxylic acids is 1. The molecule has 0 aliphatic carbocycles. The molecule has 4 heteroatoms. The van der Waals surface area contributed by atoms with Crippen LogP contribution in [-0.2, 0) is 9.53 Å². The molecule has 0 aromatic heterocycles. The van der Waals surface area contributed by atoms with Crippen LogP contribution in [0.4, 0.5) is 0 Å². The van der Waals surface area contributed by atoms with E-state index in [0.717, 1.165) is 30.8 Å².